The molecule has 0 radical (unpaired) electrons. The van der Waals surface area contributed by atoms with Gasteiger partial charge in [0.15, 0.2) is 6.61 Å². The topological polar surface area (TPSA) is 98.5 Å². The van der Waals surface area contributed by atoms with E-state index in [1.807, 2.05) is 17.5 Å². The summed E-state index contributed by atoms with van der Waals surface area (Å²) in [6.07, 6.45) is 0. The van der Waals surface area contributed by atoms with Crippen LogP contribution < -0.4 is 5.32 Å². The Morgan fingerprint density at radius 1 is 1.20 bits per heavy atom. The Morgan fingerprint density at radius 3 is 2.57 bits per heavy atom. The number of nitrogens with zero attached hydrogens (tertiary/aromatic N) is 1. The molecule has 0 aliphatic rings. The maximum absolute atomic E-state index is 13.2. The van der Waals surface area contributed by atoms with Gasteiger partial charge in [-0.2, -0.15) is 0 Å². The number of thiophene rings is 1. The van der Waals surface area contributed by atoms with E-state index >= 15 is 0 Å². The molecule has 0 bridgehead atoms. The van der Waals surface area contributed by atoms with Crippen molar-refractivity contribution in [3.05, 3.63) is 97.5 Å². The third kappa shape index (κ3) is 5.06. The van der Waals surface area contributed by atoms with Gasteiger partial charge in [-0.05, 0) is 42.1 Å². The summed E-state index contributed by atoms with van der Waals surface area (Å²) in [6, 6.07) is 12.8. The molecule has 9 heteroatoms. The number of nitro groups is 1. The zero-order valence-electron chi connectivity index (χ0n) is 15.8. The van der Waals surface area contributed by atoms with Crippen LogP contribution in [0.2, 0.25) is 0 Å². The number of ether oxygens (including phenoxy) is 1. The normalized spacial score (nSPS) is 11.5. The minimum absolute atomic E-state index is 0.0200. The molecule has 3 rings (SSSR count). The highest BCUT2D eigenvalue weighted by molar-refractivity contribution is 7.10. The molecule has 1 aromatic heterocycles. The fraction of sp³-hybridized carbons (Fsp3) is 0.143. The number of aryl methyl sites for hydroxylation is 1. The zero-order chi connectivity index (χ0) is 21.7. The van der Waals surface area contributed by atoms with Crippen molar-refractivity contribution in [1.82, 2.24) is 5.32 Å². The van der Waals surface area contributed by atoms with Gasteiger partial charge in [0.2, 0.25) is 0 Å². The van der Waals surface area contributed by atoms with E-state index in [1.54, 1.807) is 19.1 Å². The van der Waals surface area contributed by atoms with Gasteiger partial charge in [0.1, 0.15) is 5.82 Å². The molecule has 0 saturated carbocycles. The highest BCUT2D eigenvalue weighted by Crippen LogP contribution is 2.26. The largest absolute Gasteiger partial charge is 0.452 e. The molecule has 7 nitrogen and oxygen atoms in total. The average Bonchev–Trinajstić information content (AvgIpc) is 3.25. The molecule has 1 heterocycles. The molecule has 0 spiro atoms. The minimum atomic E-state index is -0.845. The van der Waals surface area contributed by atoms with Crippen molar-refractivity contribution >= 4 is 28.9 Å². The van der Waals surface area contributed by atoms with E-state index in [0.29, 0.717) is 11.1 Å². The molecule has 30 heavy (non-hydrogen) atoms. The van der Waals surface area contributed by atoms with E-state index in [2.05, 4.69) is 5.32 Å². The number of esters is 1. The monoisotopic (exact) mass is 428 g/mol. The van der Waals surface area contributed by atoms with Gasteiger partial charge in [-0.1, -0.05) is 24.3 Å². The predicted molar refractivity (Wildman–Crippen MR) is 109 cm³/mol. The summed E-state index contributed by atoms with van der Waals surface area (Å²) in [5.41, 5.74) is 0.858. The number of hydrogen-bond acceptors (Lipinski definition) is 6. The zero-order valence-corrected chi connectivity index (χ0v) is 16.6. The lowest BCUT2D eigenvalue weighted by Crippen LogP contribution is -2.32. The van der Waals surface area contributed by atoms with Gasteiger partial charge in [0, 0.05) is 16.5 Å². The Labute approximate surface area is 175 Å². The van der Waals surface area contributed by atoms with Crippen molar-refractivity contribution in [3.8, 4) is 0 Å². The number of rotatable bonds is 7. The number of carbonyl (C=O) groups excluding carboxylic acids is 2. The summed E-state index contributed by atoms with van der Waals surface area (Å²) in [5.74, 6) is -1.80. The third-order valence-electron chi connectivity index (χ3n) is 4.31. The number of amides is 1. The van der Waals surface area contributed by atoms with Gasteiger partial charge in [0.05, 0.1) is 16.5 Å². The summed E-state index contributed by atoms with van der Waals surface area (Å²) in [7, 11) is 0. The molecule has 1 amide bonds. The average molecular weight is 428 g/mol. The molecule has 0 aliphatic carbocycles. The lowest BCUT2D eigenvalue weighted by Gasteiger charge is -2.18. The summed E-state index contributed by atoms with van der Waals surface area (Å²) in [4.78, 5) is 35.8. The van der Waals surface area contributed by atoms with Crippen LogP contribution in [0, 0.1) is 22.9 Å². The lowest BCUT2D eigenvalue weighted by atomic mass is 10.1. The molecular weight excluding hydrogens is 411 g/mol. The summed E-state index contributed by atoms with van der Waals surface area (Å²) in [5, 5.41) is 15.6. The Kier molecular flexibility index (Phi) is 6.53. The molecule has 0 saturated heterocycles. The first-order chi connectivity index (χ1) is 14.3. The number of hydrogen-bond donors (Lipinski definition) is 1. The third-order valence-corrected chi connectivity index (χ3v) is 5.25. The molecule has 2 aromatic carbocycles. The van der Waals surface area contributed by atoms with E-state index in [0.717, 1.165) is 10.9 Å². The van der Waals surface area contributed by atoms with Gasteiger partial charge >= 0.3 is 5.97 Å². The van der Waals surface area contributed by atoms with Crippen LogP contribution in [0.25, 0.3) is 0 Å². The predicted octanol–water partition coefficient (Wildman–Crippen LogP) is 4.17. The van der Waals surface area contributed by atoms with E-state index in [-0.39, 0.29) is 11.3 Å². The Morgan fingerprint density at radius 2 is 1.93 bits per heavy atom. The Hall–Kier alpha value is -3.59. The van der Waals surface area contributed by atoms with Crippen molar-refractivity contribution in [3.63, 3.8) is 0 Å². The van der Waals surface area contributed by atoms with Gasteiger partial charge in [-0.15, -0.1) is 11.3 Å². The highest BCUT2D eigenvalue weighted by atomic mass is 32.1. The molecule has 1 N–H and O–H groups in total. The first-order valence-corrected chi connectivity index (χ1v) is 9.73. The van der Waals surface area contributed by atoms with Crippen LogP contribution in [-0.4, -0.2) is 23.4 Å². The van der Waals surface area contributed by atoms with E-state index in [1.165, 1.54) is 35.6 Å². The summed E-state index contributed by atoms with van der Waals surface area (Å²) in [6.45, 7) is 0.991. The maximum Gasteiger partial charge on any atom is 0.338 e. The SMILES string of the molecule is Cc1ccc(C(=O)OCC(=O)NC(c2ccc(F)cc2)c2cccs2)cc1[N+](=O)[O-]. The van der Waals surface area contributed by atoms with Crippen LogP contribution in [0.1, 0.15) is 32.4 Å². The molecule has 3 aromatic rings. The fourth-order valence-electron chi connectivity index (χ4n) is 2.78. The van der Waals surface area contributed by atoms with Crippen LogP contribution >= 0.6 is 11.3 Å². The van der Waals surface area contributed by atoms with Crippen LogP contribution in [0.3, 0.4) is 0 Å². The molecule has 0 fully saturated rings. The number of carbonyl (C=O) groups is 2. The Balaban J connectivity index is 1.67. The number of nitro benzene ring substituents is 1. The van der Waals surface area contributed by atoms with Crippen molar-refractivity contribution in [2.24, 2.45) is 0 Å². The van der Waals surface area contributed by atoms with Crippen LogP contribution in [0.5, 0.6) is 0 Å². The number of benzene rings is 2. The van der Waals surface area contributed by atoms with E-state index < -0.39 is 35.3 Å². The van der Waals surface area contributed by atoms with E-state index in [4.69, 9.17) is 4.74 Å². The molecule has 1 atom stereocenters. The first-order valence-electron chi connectivity index (χ1n) is 8.85. The van der Waals surface area contributed by atoms with E-state index in [9.17, 15) is 24.1 Å². The fourth-order valence-corrected chi connectivity index (χ4v) is 3.58. The van der Waals surface area contributed by atoms with Crippen molar-refractivity contribution < 1.29 is 23.6 Å². The molecular formula is C21H17FN2O5S. The van der Waals surface area contributed by atoms with Crippen LogP contribution in [0.15, 0.2) is 60.0 Å². The lowest BCUT2D eigenvalue weighted by molar-refractivity contribution is -0.385. The minimum Gasteiger partial charge on any atom is -0.452 e. The second kappa shape index (κ2) is 9.27. The van der Waals surface area contributed by atoms with Crippen molar-refractivity contribution in [1.29, 1.82) is 0 Å². The van der Waals surface area contributed by atoms with Crippen molar-refractivity contribution in [2.45, 2.75) is 13.0 Å². The van der Waals surface area contributed by atoms with Crippen LogP contribution in [0.4, 0.5) is 10.1 Å². The second-order valence-corrected chi connectivity index (χ2v) is 7.38. The standard InChI is InChI=1S/C21H17FN2O5S/c1-13-4-5-15(11-17(13)24(27)28)21(26)29-12-19(25)23-20(18-3-2-10-30-18)14-6-8-16(22)9-7-14/h2-11,20H,12H2,1H3,(H,23,25). The Bertz CT molecular complexity index is 1070. The molecule has 154 valence electrons. The maximum atomic E-state index is 13.2. The summed E-state index contributed by atoms with van der Waals surface area (Å²) >= 11 is 1.42. The van der Waals surface area contributed by atoms with Crippen molar-refractivity contribution in [2.75, 3.05) is 6.61 Å². The van der Waals surface area contributed by atoms with Gasteiger partial charge in [0.25, 0.3) is 11.6 Å². The smallest absolute Gasteiger partial charge is 0.338 e. The molecule has 1 unspecified atom stereocenters. The number of nitrogens with one attached hydrogen (secondary N) is 1. The first kappa shape index (κ1) is 21.1. The second-order valence-electron chi connectivity index (χ2n) is 6.40. The molecule has 0 aliphatic heterocycles. The quantitative estimate of drug-likeness (QED) is 0.346. The highest BCUT2D eigenvalue weighted by Gasteiger charge is 2.20. The van der Waals surface area contributed by atoms with Gasteiger partial charge in [-0.3, -0.25) is 14.9 Å². The van der Waals surface area contributed by atoms with Gasteiger partial charge < -0.3 is 10.1 Å². The van der Waals surface area contributed by atoms with Gasteiger partial charge in [-0.25, -0.2) is 9.18 Å². The number of halogens is 1. The van der Waals surface area contributed by atoms with Crippen LogP contribution in [-0.2, 0) is 9.53 Å². The summed E-state index contributed by atoms with van der Waals surface area (Å²) < 4.78 is 18.3.